The molecule has 33 heavy (non-hydrogen) atoms. The summed E-state index contributed by atoms with van der Waals surface area (Å²) in [5, 5.41) is 11.3. The minimum Gasteiger partial charge on any atom is -0.457 e. The van der Waals surface area contributed by atoms with Gasteiger partial charge in [0.25, 0.3) is 5.69 Å². The highest BCUT2D eigenvalue weighted by Gasteiger charge is 2.28. The molecule has 6 nitrogen and oxygen atoms in total. The second-order valence-electron chi connectivity index (χ2n) is 8.27. The number of fused-ring (bicyclic) bond motifs is 1. The number of nitro groups is 1. The molecule has 0 saturated carbocycles. The Morgan fingerprint density at radius 2 is 1.70 bits per heavy atom. The molecule has 0 bridgehead atoms. The van der Waals surface area contributed by atoms with E-state index >= 15 is 0 Å². The molecule has 166 valence electrons. The first kappa shape index (κ1) is 21.0. The Morgan fingerprint density at radius 3 is 2.55 bits per heavy atom. The zero-order valence-electron chi connectivity index (χ0n) is 18.2. The second-order valence-corrected chi connectivity index (χ2v) is 8.27. The maximum atomic E-state index is 11.3. The van der Waals surface area contributed by atoms with Gasteiger partial charge in [-0.05, 0) is 53.9 Å². The summed E-state index contributed by atoms with van der Waals surface area (Å²) < 4.78 is 8.41. The maximum Gasteiger partial charge on any atom is 0.269 e. The number of ether oxygens (including phenoxy) is 1. The molecule has 2 heterocycles. The summed E-state index contributed by atoms with van der Waals surface area (Å²) >= 11 is 0. The normalized spacial score (nSPS) is 16.1. The quantitative estimate of drug-likeness (QED) is 0.266. The molecule has 0 N–H and O–H groups in total. The first-order chi connectivity index (χ1) is 16.2. The van der Waals surface area contributed by atoms with Gasteiger partial charge in [-0.25, -0.2) is 0 Å². The van der Waals surface area contributed by atoms with Crippen LogP contribution in [0.4, 0.5) is 5.69 Å². The number of aryl methyl sites for hydroxylation is 1. The topological polar surface area (TPSA) is 60.5 Å². The van der Waals surface area contributed by atoms with Gasteiger partial charge in [0.15, 0.2) is 0 Å². The van der Waals surface area contributed by atoms with E-state index in [1.165, 1.54) is 5.69 Å². The lowest BCUT2D eigenvalue weighted by Gasteiger charge is -2.31. The van der Waals surface area contributed by atoms with Gasteiger partial charge >= 0.3 is 0 Å². The maximum absolute atomic E-state index is 11.3. The van der Waals surface area contributed by atoms with E-state index in [1.807, 2.05) is 48.5 Å². The van der Waals surface area contributed by atoms with E-state index in [9.17, 15) is 10.1 Å². The van der Waals surface area contributed by atoms with Gasteiger partial charge in [0.2, 0.25) is 0 Å². The minimum atomic E-state index is -0.334. The summed E-state index contributed by atoms with van der Waals surface area (Å²) in [6, 6.07) is 29.2. The second kappa shape index (κ2) is 9.30. The molecule has 0 fully saturated rings. The highest BCUT2D eigenvalue weighted by molar-refractivity contribution is 5.39. The van der Waals surface area contributed by atoms with E-state index in [-0.39, 0.29) is 16.7 Å². The predicted octanol–water partition coefficient (Wildman–Crippen LogP) is 6.18. The van der Waals surface area contributed by atoms with Crippen molar-refractivity contribution in [2.45, 2.75) is 25.6 Å². The Balaban J connectivity index is 1.50. The van der Waals surface area contributed by atoms with Crippen molar-refractivity contribution < 1.29 is 9.66 Å². The Morgan fingerprint density at radius 1 is 0.879 bits per heavy atom. The number of nitro benzene ring substituents is 1. The van der Waals surface area contributed by atoms with Crippen LogP contribution in [0.2, 0.25) is 0 Å². The van der Waals surface area contributed by atoms with Crippen molar-refractivity contribution in [2.24, 2.45) is 0 Å². The van der Waals surface area contributed by atoms with Crippen molar-refractivity contribution in [1.29, 1.82) is 0 Å². The van der Waals surface area contributed by atoms with Crippen molar-refractivity contribution in [1.82, 2.24) is 9.47 Å². The van der Waals surface area contributed by atoms with Gasteiger partial charge in [-0.2, -0.15) is 0 Å². The van der Waals surface area contributed by atoms with Crippen molar-refractivity contribution >= 4 is 5.69 Å². The molecular formula is C27H25N3O3. The monoisotopic (exact) mass is 439 g/mol. The van der Waals surface area contributed by atoms with E-state index in [4.69, 9.17) is 4.74 Å². The lowest BCUT2D eigenvalue weighted by atomic mass is 10.0. The van der Waals surface area contributed by atoms with Crippen LogP contribution in [0, 0.1) is 10.1 Å². The third-order valence-electron chi connectivity index (χ3n) is 6.01. The highest BCUT2D eigenvalue weighted by Crippen LogP contribution is 2.35. The van der Waals surface area contributed by atoms with Gasteiger partial charge in [-0.1, -0.05) is 42.5 Å². The van der Waals surface area contributed by atoms with Crippen LogP contribution in [0.1, 0.15) is 29.3 Å². The molecule has 0 spiro atoms. The van der Waals surface area contributed by atoms with Crippen molar-refractivity contribution in [3.8, 4) is 11.5 Å². The van der Waals surface area contributed by atoms with E-state index in [0.717, 1.165) is 42.1 Å². The van der Waals surface area contributed by atoms with Crippen molar-refractivity contribution in [2.75, 3.05) is 6.54 Å². The van der Waals surface area contributed by atoms with Gasteiger partial charge in [-0.15, -0.1) is 0 Å². The van der Waals surface area contributed by atoms with Crippen LogP contribution in [0.25, 0.3) is 0 Å². The standard InChI is InChI=1S/C27H25N3O3/c31-30(32)23-10-4-8-21(18-23)20-29-17-7-16-28-15-6-14-26(28)27(29)22-9-5-13-25(19-22)33-24-11-2-1-3-12-24/h1-6,8-15,18-19,27H,7,16-17,20H2. The first-order valence-electron chi connectivity index (χ1n) is 11.1. The van der Waals surface area contributed by atoms with Crippen LogP contribution in [0.5, 0.6) is 11.5 Å². The summed E-state index contributed by atoms with van der Waals surface area (Å²) in [4.78, 5) is 13.3. The Labute approximate surface area is 192 Å². The minimum absolute atomic E-state index is 0.0149. The average molecular weight is 440 g/mol. The van der Waals surface area contributed by atoms with Gasteiger partial charge in [0, 0.05) is 43.7 Å². The average Bonchev–Trinajstić information content (AvgIpc) is 3.21. The van der Waals surface area contributed by atoms with Gasteiger partial charge in [-0.3, -0.25) is 15.0 Å². The molecule has 0 radical (unpaired) electrons. The third kappa shape index (κ3) is 4.66. The molecule has 0 saturated heterocycles. The number of benzene rings is 3. The summed E-state index contributed by atoms with van der Waals surface area (Å²) in [6.45, 7) is 2.46. The van der Waals surface area contributed by atoms with Crippen LogP contribution in [-0.4, -0.2) is 20.9 Å². The molecule has 0 amide bonds. The number of hydrogen-bond donors (Lipinski definition) is 0. The zero-order valence-corrected chi connectivity index (χ0v) is 18.2. The fraction of sp³-hybridized carbons (Fsp3) is 0.185. The van der Waals surface area contributed by atoms with E-state index in [0.29, 0.717) is 6.54 Å². The molecule has 1 aliphatic rings. The van der Waals surface area contributed by atoms with Gasteiger partial charge in [0.1, 0.15) is 11.5 Å². The molecular weight excluding hydrogens is 414 g/mol. The van der Waals surface area contributed by atoms with Crippen LogP contribution in [0.3, 0.4) is 0 Å². The summed E-state index contributed by atoms with van der Waals surface area (Å²) in [5.41, 5.74) is 3.41. The number of aromatic nitrogens is 1. The molecule has 1 aliphatic heterocycles. The van der Waals surface area contributed by atoms with Crippen LogP contribution >= 0.6 is 0 Å². The van der Waals surface area contributed by atoms with Gasteiger partial charge < -0.3 is 9.30 Å². The molecule has 6 heteroatoms. The zero-order chi connectivity index (χ0) is 22.6. The molecule has 4 aromatic rings. The number of nitrogens with zero attached hydrogens (tertiary/aromatic N) is 3. The number of hydrogen-bond acceptors (Lipinski definition) is 4. The number of rotatable bonds is 6. The van der Waals surface area contributed by atoms with E-state index < -0.39 is 0 Å². The molecule has 3 aromatic carbocycles. The van der Waals surface area contributed by atoms with Crippen molar-refractivity contribution in [3.05, 3.63) is 124 Å². The molecule has 5 rings (SSSR count). The van der Waals surface area contributed by atoms with E-state index in [2.05, 4.69) is 39.9 Å². The Kier molecular flexibility index (Phi) is 5.91. The first-order valence-corrected chi connectivity index (χ1v) is 11.1. The SMILES string of the molecule is O=[N+]([O-])c1cccc(CN2CCCn3cccc3C2c2cccc(Oc3ccccc3)c2)c1. The Hall–Kier alpha value is -3.90. The molecule has 0 aliphatic carbocycles. The van der Waals surface area contributed by atoms with E-state index in [1.54, 1.807) is 18.2 Å². The lowest BCUT2D eigenvalue weighted by molar-refractivity contribution is -0.384. The van der Waals surface area contributed by atoms with Crippen molar-refractivity contribution in [3.63, 3.8) is 0 Å². The summed E-state index contributed by atoms with van der Waals surface area (Å²) in [7, 11) is 0. The molecule has 1 aromatic heterocycles. The van der Waals surface area contributed by atoms with Crippen LogP contribution in [-0.2, 0) is 13.1 Å². The van der Waals surface area contributed by atoms with Gasteiger partial charge in [0.05, 0.1) is 11.0 Å². The lowest BCUT2D eigenvalue weighted by Crippen LogP contribution is -2.29. The third-order valence-corrected chi connectivity index (χ3v) is 6.01. The summed E-state index contributed by atoms with van der Waals surface area (Å²) in [5.74, 6) is 1.59. The number of non-ortho nitro benzene ring substituents is 1. The predicted molar refractivity (Wildman–Crippen MR) is 127 cm³/mol. The fourth-order valence-corrected chi connectivity index (χ4v) is 4.57. The number of para-hydroxylation sites is 1. The summed E-state index contributed by atoms with van der Waals surface area (Å²) in [6.07, 6.45) is 3.14. The Bertz CT molecular complexity index is 1250. The van der Waals surface area contributed by atoms with Crippen LogP contribution in [0.15, 0.2) is 97.2 Å². The highest BCUT2D eigenvalue weighted by atomic mass is 16.6. The van der Waals surface area contributed by atoms with Crippen LogP contribution < -0.4 is 4.74 Å². The largest absolute Gasteiger partial charge is 0.457 e. The molecule has 1 unspecified atom stereocenters. The molecule has 1 atom stereocenters. The fourth-order valence-electron chi connectivity index (χ4n) is 4.57. The smallest absolute Gasteiger partial charge is 0.269 e.